The summed E-state index contributed by atoms with van der Waals surface area (Å²) < 4.78 is 48.1. The minimum atomic E-state index is -4.25. The van der Waals surface area contributed by atoms with Crippen LogP contribution in [0, 0.1) is 0 Å². The summed E-state index contributed by atoms with van der Waals surface area (Å²) >= 11 is 21.9. The van der Waals surface area contributed by atoms with Crippen LogP contribution >= 0.6 is 78.9 Å². The molecule has 0 aromatic rings. The Labute approximate surface area is 266 Å². The summed E-state index contributed by atoms with van der Waals surface area (Å²) in [5.41, 5.74) is 5.02. The third-order valence-electron chi connectivity index (χ3n) is 4.01. The Balaban J connectivity index is -0.000000224. The van der Waals surface area contributed by atoms with Crippen LogP contribution in [-0.4, -0.2) is 121 Å². The van der Waals surface area contributed by atoms with Gasteiger partial charge in [-0.3, -0.25) is 13.6 Å². The fourth-order valence-electron chi connectivity index (χ4n) is 2.33. The fourth-order valence-corrected chi connectivity index (χ4v) is 6.52. The molecule has 0 aliphatic carbocycles. The molecule has 23 heteroatoms. The lowest BCUT2D eigenvalue weighted by Crippen LogP contribution is -2.35. The van der Waals surface area contributed by atoms with Gasteiger partial charge in [0.2, 0.25) is 0 Å². The maximum absolute atomic E-state index is 12.2. The van der Waals surface area contributed by atoms with E-state index in [0.29, 0.717) is 69.3 Å². The minimum absolute atomic E-state index is 0. The first-order valence-corrected chi connectivity index (χ1v) is 20.3. The lowest BCUT2D eigenvalue weighted by molar-refractivity contribution is 0.196. The van der Waals surface area contributed by atoms with Gasteiger partial charge in [-0.15, -0.1) is 55.6 Å². The zero-order valence-electron chi connectivity index (χ0n) is 23.3. The zero-order chi connectivity index (χ0) is 31.3. The molecule has 10 N–H and O–H groups in total. The highest BCUT2D eigenvalue weighted by Crippen LogP contribution is 2.48. The molecule has 2 heterocycles. The van der Waals surface area contributed by atoms with Crippen LogP contribution in [0.25, 0.3) is 0 Å². The topological polar surface area (TPSA) is 236 Å². The van der Waals surface area contributed by atoms with Gasteiger partial charge in [0.05, 0.1) is 19.8 Å². The first-order chi connectivity index (χ1) is 18.9. The average molecular weight is 761 g/mol. The molecule has 3 unspecified atom stereocenters. The Hall–Kier alpha value is 1.80. The van der Waals surface area contributed by atoms with Gasteiger partial charge in [-0.05, 0) is 25.8 Å². The van der Waals surface area contributed by atoms with Gasteiger partial charge in [0, 0.05) is 62.8 Å². The van der Waals surface area contributed by atoms with E-state index in [4.69, 9.17) is 71.3 Å². The highest BCUT2D eigenvalue weighted by molar-refractivity contribution is 7.54. The third kappa shape index (κ3) is 34.5. The van der Waals surface area contributed by atoms with Crippen LogP contribution in [0.15, 0.2) is 0 Å². The van der Waals surface area contributed by atoms with Crippen LogP contribution in [0.2, 0.25) is 0 Å². The van der Waals surface area contributed by atoms with Crippen LogP contribution in [-0.2, 0) is 27.3 Å². The van der Waals surface area contributed by atoms with Gasteiger partial charge in [0.15, 0.2) is 0 Å². The number of hydrogen-bond acceptors (Lipinski definition) is 8. The number of rotatable bonds is 13. The van der Waals surface area contributed by atoms with Crippen molar-refractivity contribution in [2.24, 2.45) is 5.73 Å². The van der Waals surface area contributed by atoms with Crippen LogP contribution < -0.4 is 21.2 Å². The number of nitrogens with two attached hydrogens (primary N) is 1. The standard InChI is InChI=1S/C7H15Cl2N2O2P.C4H9Cl2N.C3H10NO4P.C3H8NO3P.CH5P.H2O/c8-2-5-11(6-3-9)14(12)10-4-1-7-13-14;5-1-3-7-4-2-6;4-2-1-3-8-9(5,6)7;5-8(6)4-2-1-3-7-8;1-2;/h1-7H2,(H,10,12);7H,1-4H2;1-4H2,(H2,5,6,7);1-3H2,(H2,4,5,6);2H2,1H3;1H2. The zero-order valence-corrected chi connectivity index (χ0v) is 30.1. The molecule has 0 saturated carbocycles. The molecule has 2 fully saturated rings. The first kappa shape index (κ1) is 49.7. The number of hydrogen-bond donors (Lipinski definition) is 7. The fraction of sp³-hybridized carbons (Fsp3) is 1.00. The lowest BCUT2D eigenvalue weighted by Gasteiger charge is -2.33. The average Bonchev–Trinajstić information content (AvgIpc) is 2.91. The van der Waals surface area contributed by atoms with Gasteiger partial charge < -0.3 is 35.7 Å². The molecule has 2 aliphatic rings. The second-order valence-electron chi connectivity index (χ2n) is 7.16. The lowest BCUT2D eigenvalue weighted by atomic mass is 10.5. The predicted octanol–water partition coefficient (Wildman–Crippen LogP) is 2.15. The van der Waals surface area contributed by atoms with Crippen molar-refractivity contribution in [1.82, 2.24) is 20.2 Å². The van der Waals surface area contributed by atoms with Crippen molar-refractivity contribution in [3.8, 4) is 0 Å². The Bertz CT molecular complexity index is 680. The molecule has 15 nitrogen and oxygen atoms in total. The number of phosphoric acid groups is 1. The number of phosphoric ester groups is 1. The van der Waals surface area contributed by atoms with E-state index in [9.17, 15) is 13.7 Å². The maximum Gasteiger partial charge on any atom is 0.469 e. The van der Waals surface area contributed by atoms with E-state index in [1.54, 1.807) is 4.67 Å². The molecular weight excluding hydrogens is 712 g/mol. The largest absolute Gasteiger partial charge is 0.469 e. The van der Waals surface area contributed by atoms with Crippen molar-refractivity contribution in [3.05, 3.63) is 0 Å². The van der Waals surface area contributed by atoms with E-state index in [1.807, 2.05) is 6.66 Å². The second-order valence-corrected chi connectivity index (χ2v) is 13.7. The summed E-state index contributed by atoms with van der Waals surface area (Å²) in [4.78, 5) is 24.8. The second kappa shape index (κ2) is 33.2. The maximum atomic E-state index is 12.2. The summed E-state index contributed by atoms with van der Waals surface area (Å²) in [7, 11) is -8.01. The Morgan fingerprint density at radius 1 is 0.976 bits per heavy atom. The van der Waals surface area contributed by atoms with Crippen molar-refractivity contribution >= 4 is 78.9 Å². The van der Waals surface area contributed by atoms with E-state index in [0.717, 1.165) is 32.5 Å². The van der Waals surface area contributed by atoms with Crippen molar-refractivity contribution in [2.45, 2.75) is 19.3 Å². The predicted molar refractivity (Wildman–Crippen MR) is 173 cm³/mol. The minimum Gasteiger partial charge on any atom is -0.412 e. The number of halogens is 4. The molecule has 254 valence electrons. The molecule has 0 spiro atoms. The van der Waals surface area contributed by atoms with E-state index in [-0.39, 0.29) is 12.1 Å². The van der Waals surface area contributed by atoms with Gasteiger partial charge >= 0.3 is 23.2 Å². The van der Waals surface area contributed by atoms with Crippen LogP contribution in [0.5, 0.6) is 0 Å². The molecule has 0 amide bonds. The van der Waals surface area contributed by atoms with E-state index in [2.05, 4.69) is 33.8 Å². The summed E-state index contributed by atoms with van der Waals surface area (Å²) in [6, 6.07) is 0. The summed E-state index contributed by atoms with van der Waals surface area (Å²) in [6.07, 6.45) is 2.16. The van der Waals surface area contributed by atoms with E-state index < -0.39 is 23.2 Å². The molecule has 2 rings (SSSR count). The van der Waals surface area contributed by atoms with Gasteiger partial charge in [-0.25, -0.2) is 24.0 Å². The van der Waals surface area contributed by atoms with Crippen LogP contribution in [0.1, 0.15) is 19.3 Å². The number of nitrogens with one attached hydrogen (secondary N) is 3. The summed E-state index contributed by atoms with van der Waals surface area (Å²) in [6.45, 7) is 7.29. The van der Waals surface area contributed by atoms with Crippen LogP contribution in [0.3, 0.4) is 0 Å². The monoisotopic (exact) mass is 759 g/mol. The quantitative estimate of drug-likeness (QED) is 0.0810. The Kier molecular flexibility index (Phi) is 40.2. The van der Waals surface area contributed by atoms with Gasteiger partial charge in [0.25, 0.3) is 0 Å². The third-order valence-corrected chi connectivity index (χ3v) is 8.70. The molecule has 2 saturated heterocycles. The van der Waals surface area contributed by atoms with Crippen molar-refractivity contribution < 1.29 is 47.4 Å². The highest BCUT2D eigenvalue weighted by Gasteiger charge is 2.32. The Morgan fingerprint density at radius 3 is 1.76 bits per heavy atom. The molecule has 3 atom stereocenters. The van der Waals surface area contributed by atoms with Gasteiger partial charge in [0.1, 0.15) is 0 Å². The highest BCUT2D eigenvalue weighted by atomic mass is 35.5. The van der Waals surface area contributed by atoms with Crippen molar-refractivity contribution in [2.75, 3.05) is 95.8 Å². The van der Waals surface area contributed by atoms with Crippen LogP contribution in [0.4, 0.5) is 0 Å². The molecule has 2 aliphatic heterocycles. The number of alkyl halides is 4. The molecule has 0 bridgehead atoms. The summed E-state index contributed by atoms with van der Waals surface area (Å²) in [5, 5.41) is 8.28. The SMILES string of the molecule is CP.ClCCNCCCl.NCCCOP(=O)(O)O.O.O=P1(N(CCCl)CCCl)NCCCO1.O=P1(O)NCCCO1. The van der Waals surface area contributed by atoms with Crippen molar-refractivity contribution in [1.29, 1.82) is 0 Å². The Morgan fingerprint density at radius 2 is 1.46 bits per heavy atom. The number of nitrogens with zero attached hydrogens (tertiary/aromatic N) is 1. The molecular formula is C18H49Cl4N5O10P4. The molecule has 0 aromatic heterocycles. The van der Waals surface area contributed by atoms with E-state index >= 15 is 0 Å². The smallest absolute Gasteiger partial charge is 0.412 e. The molecule has 41 heavy (non-hydrogen) atoms. The summed E-state index contributed by atoms with van der Waals surface area (Å²) in [5.74, 6) is 2.17. The normalized spacial score (nSPS) is 21.7. The molecule has 0 aromatic carbocycles. The van der Waals surface area contributed by atoms with E-state index in [1.165, 1.54) is 0 Å². The van der Waals surface area contributed by atoms with Gasteiger partial charge in [-0.2, -0.15) is 0 Å². The van der Waals surface area contributed by atoms with Crippen molar-refractivity contribution in [3.63, 3.8) is 0 Å². The van der Waals surface area contributed by atoms with Gasteiger partial charge in [-0.1, -0.05) is 6.66 Å². The molecule has 0 radical (unpaired) electrons. The first-order valence-electron chi connectivity index (χ1n) is 12.3.